The Balaban J connectivity index is 1.87. The van der Waals surface area contributed by atoms with Gasteiger partial charge in [-0.05, 0) is 69.5 Å². The number of sulfonamides is 1. The van der Waals surface area contributed by atoms with Gasteiger partial charge in [0.2, 0.25) is 0 Å². The van der Waals surface area contributed by atoms with Crippen LogP contribution >= 0.6 is 0 Å². The minimum Gasteiger partial charge on any atom is -0.333 e. The van der Waals surface area contributed by atoms with Crippen molar-refractivity contribution in [3.8, 4) is 0 Å². The summed E-state index contributed by atoms with van der Waals surface area (Å²) in [4.78, 5) is 14.6. The third-order valence-electron chi connectivity index (χ3n) is 5.26. The van der Waals surface area contributed by atoms with Crippen molar-refractivity contribution < 1.29 is 26.4 Å². The Morgan fingerprint density at radius 1 is 1.03 bits per heavy atom. The first-order valence-corrected chi connectivity index (χ1v) is 11.1. The van der Waals surface area contributed by atoms with E-state index < -0.39 is 21.8 Å². The van der Waals surface area contributed by atoms with Gasteiger partial charge in [0.25, 0.3) is 15.9 Å². The second-order valence-electron chi connectivity index (χ2n) is 7.55. The van der Waals surface area contributed by atoms with E-state index in [0.717, 1.165) is 37.5 Å². The molecular formula is C21H23F3N2O3S. The molecule has 9 heteroatoms. The van der Waals surface area contributed by atoms with Crippen LogP contribution in [0.2, 0.25) is 0 Å². The second-order valence-corrected chi connectivity index (χ2v) is 9.24. The molecule has 30 heavy (non-hydrogen) atoms. The van der Waals surface area contributed by atoms with E-state index >= 15 is 0 Å². The van der Waals surface area contributed by atoms with Gasteiger partial charge in [-0.25, -0.2) is 8.42 Å². The van der Waals surface area contributed by atoms with Gasteiger partial charge < -0.3 is 4.90 Å². The smallest absolute Gasteiger partial charge is 0.333 e. The highest BCUT2D eigenvalue weighted by Gasteiger charge is 2.32. The molecule has 0 aliphatic carbocycles. The van der Waals surface area contributed by atoms with Crippen LogP contribution in [0.1, 0.15) is 49.0 Å². The van der Waals surface area contributed by atoms with Gasteiger partial charge in [-0.1, -0.05) is 12.1 Å². The van der Waals surface area contributed by atoms with Gasteiger partial charge in [0.1, 0.15) is 0 Å². The molecule has 1 aliphatic heterocycles. The Morgan fingerprint density at radius 3 is 2.30 bits per heavy atom. The molecule has 0 bridgehead atoms. The third-order valence-corrected chi connectivity index (χ3v) is 6.64. The van der Waals surface area contributed by atoms with Crippen LogP contribution in [0.5, 0.6) is 0 Å². The number of piperidine rings is 1. The average Bonchev–Trinajstić information content (AvgIpc) is 2.67. The number of halogens is 3. The maximum absolute atomic E-state index is 13.0. The predicted molar refractivity (Wildman–Crippen MR) is 108 cm³/mol. The number of carbonyl (C=O) groups excluding carboxylic acids is 1. The van der Waals surface area contributed by atoms with Gasteiger partial charge >= 0.3 is 6.18 Å². The zero-order valence-electron chi connectivity index (χ0n) is 16.6. The molecule has 1 amide bonds. The van der Waals surface area contributed by atoms with Crippen molar-refractivity contribution >= 4 is 21.6 Å². The van der Waals surface area contributed by atoms with Gasteiger partial charge in [-0.15, -0.1) is 0 Å². The number of anilines is 1. The molecule has 1 N–H and O–H groups in total. The molecule has 0 radical (unpaired) electrons. The predicted octanol–water partition coefficient (Wildman–Crippen LogP) is 4.91. The second kappa shape index (κ2) is 8.29. The fourth-order valence-electron chi connectivity index (χ4n) is 3.74. The molecule has 0 unspecified atom stereocenters. The van der Waals surface area contributed by atoms with Crippen LogP contribution in [0.15, 0.2) is 53.4 Å². The first-order valence-electron chi connectivity index (χ1n) is 9.62. The first kappa shape index (κ1) is 22.1. The number of hydrogen-bond donors (Lipinski definition) is 1. The number of rotatable bonds is 4. The van der Waals surface area contributed by atoms with E-state index in [9.17, 15) is 26.4 Å². The van der Waals surface area contributed by atoms with Gasteiger partial charge in [0.15, 0.2) is 0 Å². The summed E-state index contributed by atoms with van der Waals surface area (Å²) in [6.07, 6.45) is -1.80. The van der Waals surface area contributed by atoms with E-state index in [0.29, 0.717) is 0 Å². The lowest BCUT2D eigenvalue weighted by Crippen LogP contribution is -2.47. The zero-order valence-corrected chi connectivity index (χ0v) is 17.4. The van der Waals surface area contributed by atoms with E-state index in [2.05, 4.69) is 4.72 Å². The highest BCUT2D eigenvalue weighted by Crippen LogP contribution is 2.31. The molecule has 2 aromatic carbocycles. The zero-order chi connectivity index (χ0) is 22.1. The molecule has 0 aromatic heterocycles. The molecule has 1 aliphatic rings. The highest BCUT2D eigenvalue weighted by molar-refractivity contribution is 7.92. The normalized spacial score (nSPS) is 20.1. The van der Waals surface area contributed by atoms with E-state index in [1.165, 1.54) is 24.3 Å². The Labute approximate surface area is 173 Å². The quantitative estimate of drug-likeness (QED) is 0.735. The molecule has 0 saturated carbocycles. The lowest BCUT2D eigenvalue weighted by molar-refractivity contribution is -0.137. The molecule has 1 fully saturated rings. The number of carbonyl (C=O) groups is 1. The molecular weight excluding hydrogens is 417 g/mol. The summed E-state index contributed by atoms with van der Waals surface area (Å²) in [5.41, 5.74) is -0.943. The fourth-order valence-corrected chi connectivity index (χ4v) is 4.84. The number of alkyl halides is 3. The minimum atomic E-state index is -4.59. The Morgan fingerprint density at radius 2 is 1.67 bits per heavy atom. The van der Waals surface area contributed by atoms with Gasteiger partial charge in [-0.2, -0.15) is 13.2 Å². The van der Waals surface area contributed by atoms with Gasteiger partial charge in [0, 0.05) is 23.3 Å². The van der Waals surface area contributed by atoms with E-state index in [1.807, 2.05) is 13.8 Å². The minimum absolute atomic E-state index is 0.0461. The number of likely N-dealkylation sites (tertiary alicyclic amines) is 1. The highest BCUT2D eigenvalue weighted by atomic mass is 32.2. The summed E-state index contributed by atoms with van der Waals surface area (Å²) in [6.45, 7) is 3.92. The van der Waals surface area contributed by atoms with Crippen molar-refractivity contribution in [2.75, 3.05) is 4.72 Å². The van der Waals surface area contributed by atoms with E-state index in [4.69, 9.17) is 0 Å². The number of hydrogen-bond acceptors (Lipinski definition) is 3. The van der Waals surface area contributed by atoms with Crippen LogP contribution in [0.3, 0.4) is 0 Å². The average molecular weight is 440 g/mol. The Hall–Kier alpha value is -2.55. The lowest BCUT2D eigenvalue weighted by atomic mass is 9.96. The summed E-state index contributed by atoms with van der Waals surface area (Å²) in [5.74, 6) is -0.259. The summed E-state index contributed by atoms with van der Waals surface area (Å²) < 4.78 is 66.3. The third kappa shape index (κ3) is 4.77. The molecule has 2 atom stereocenters. The summed E-state index contributed by atoms with van der Waals surface area (Å²) in [6, 6.07) is 9.59. The van der Waals surface area contributed by atoms with Crippen molar-refractivity contribution in [1.82, 2.24) is 4.90 Å². The fraction of sp³-hybridized carbons (Fsp3) is 0.381. The maximum Gasteiger partial charge on any atom is 0.416 e. The number of amides is 1. The van der Waals surface area contributed by atoms with Crippen LogP contribution in [0.25, 0.3) is 0 Å². The largest absolute Gasteiger partial charge is 0.416 e. The molecule has 1 saturated heterocycles. The standard InChI is InChI=1S/C21H23F3N2O3S/c1-14-6-3-7-15(2)26(14)20(27)16-8-4-11-19(12-16)30(28,29)25-18-10-5-9-17(13-18)21(22,23)24/h4-5,8-15,25H,3,6-7H2,1-2H3/t14-,15-/m1/s1. The Bertz CT molecular complexity index is 1030. The molecule has 5 nitrogen and oxygen atoms in total. The van der Waals surface area contributed by atoms with E-state index in [1.54, 1.807) is 11.0 Å². The van der Waals surface area contributed by atoms with Crippen molar-refractivity contribution in [3.63, 3.8) is 0 Å². The summed E-state index contributed by atoms with van der Waals surface area (Å²) in [5, 5.41) is 0. The monoisotopic (exact) mass is 440 g/mol. The molecule has 162 valence electrons. The van der Waals surface area contributed by atoms with Crippen molar-refractivity contribution in [2.24, 2.45) is 0 Å². The van der Waals surface area contributed by atoms with Crippen molar-refractivity contribution in [3.05, 3.63) is 59.7 Å². The van der Waals surface area contributed by atoms with Crippen LogP contribution in [-0.2, 0) is 16.2 Å². The molecule has 2 aromatic rings. The summed E-state index contributed by atoms with van der Waals surface area (Å²) in [7, 11) is -4.18. The molecule has 0 spiro atoms. The van der Waals surface area contributed by atoms with Crippen LogP contribution < -0.4 is 4.72 Å². The number of nitrogens with one attached hydrogen (secondary N) is 1. The molecule has 1 heterocycles. The molecule has 3 rings (SSSR count). The van der Waals surface area contributed by atoms with Crippen LogP contribution in [0, 0.1) is 0 Å². The van der Waals surface area contributed by atoms with Crippen LogP contribution in [0.4, 0.5) is 18.9 Å². The van der Waals surface area contributed by atoms with Crippen molar-refractivity contribution in [2.45, 2.75) is 56.3 Å². The topological polar surface area (TPSA) is 66.5 Å². The SMILES string of the molecule is C[C@@H]1CCC[C@@H](C)N1C(=O)c1cccc(S(=O)(=O)Nc2cccc(C(F)(F)F)c2)c1. The van der Waals surface area contributed by atoms with Gasteiger partial charge in [0.05, 0.1) is 10.5 Å². The lowest BCUT2D eigenvalue weighted by Gasteiger charge is -2.39. The summed E-state index contributed by atoms with van der Waals surface area (Å²) >= 11 is 0. The van der Waals surface area contributed by atoms with Crippen LogP contribution in [-0.4, -0.2) is 31.3 Å². The number of benzene rings is 2. The van der Waals surface area contributed by atoms with Gasteiger partial charge in [-0.3, -0.25) is 9.52 Å². The number of nitrogens with zero attached hydrogens (tertiary/aromatic N) is 1. The first-order chi connectivity index (χ1) is 14.0. The maximum atomic E-state index is 13.0. The Kier molecular flexibility index (Phi) is 6.12. The van der Waals surface area contributed by atoms with E-state index in [-0.39, 0.29) is 34.1 Å². The van der Waals surface area contributed by atoms with Crippen molar-refractivity contribution in [1.29, 1.82) is 0 Å².